The minimum absolute atomic E-state index is 0.795. The molecular formula is C17H13N3O. The quantitative estimate of drug-likeness (QED) is 0.555. The van der Waals surface area contributed by atoms with Crippen LogP contribution in [-0.2, 0) is 0 Å². The number of aryl methyl sites for hydroxylation is 1. The summed E-state index contributed by atoms with van der Waals surface area (Å²) in [5.74, 6) is 0. The van der Waals surface area contributed by atoms with Crippen molar-refractivity contribution in [2.45, 2.75) is 6.92 Å². The Bertz CT molecular complexity index is 906. The molecule has 0 amide bonds. The van der Waals surface area contributed by atoms with Crippen LogP contribution < -0.4 is 0 Å². The average molecular weight is 275 g/mol. The normalized spacial score (nSPS) is 11.1. The number of hydrogen-bond acceptors (Lipinski definition) is 3. The summed E-state index contributed by atoms with van der Waals surface area (Å²) in [7, 11) is 0. The lowest BCUT2D eigenvalue weighted by atomic mass is 10.1. The number of fused-ring (bicyclic) bond motifs is 1. The molecular weight excluding hydrogens is 262 g/mol. The van der Waals surface area contributed by atoms with Gasteiger partial charge >= 0.3 is 0 Å². The summed E-state index contributed by atoms with van der Waals surface area (Å²) in [6.07, 6.45) is 3.78. The zero-order valence-electron chi connectivity index (χ0n) is 11.5. The lowest BCUT2D eigenvalue weighted by molar-refractivity contribution is 0.459. The molecule has 4 heteroatoms. The molecule has 2 heterocycles. The average Bonchev–Trinajstić information content (AvgIpc) is 3.14. The molecule has 0 saturated heterocycles. The van der Waals surface area contributed by atoms with Crippen LogP contribution in [0.2, 0.25) is 0 Å². The van der Waals surface area contributed by atoms with E-state index in [0.29, 0.717) is 0 Å². The Labute approximate surface area is 121 Å². The molecule has 0 radical (unpaired) electrons. The van der Waals surface area contributed by atoms with E-state index in [1.54, 1.807) is 0 Å². The third-order valence-electron chi connectivity index (χ3n) is 3.50. The van der Waals surface area contributed by atoms with E-state index < -0.39 is 0 Å². The fourth-order valence-electron chi connectivity index (χ4n) is 2.43. The Balaban J connectivity index is 1.83. The van der Waals surface area contributed by atoms with E-state index >= 15 is 0 Å². The van der Waals surface area contributed by atoms with E-state index in [9.17, 15) is 0 Å². The lowest BCUT2D eigenvalue weighted by Gasteiger charge is -1.98. The maximum absolute atomic E-state index is 5.39. The van der Waals surface area contributed by atoms with Gasteiger partial charge in [-0.3, -0.25) is 0 Å². The Kier molecular flexibility index (Phi) is 2.60. The van der Waals surface area contributed by atoms with Crippen LogP contribution in [-0.4, -0.2) is 14.9 Å². The molecule has 2 aromatic heterocycles. The number of para-hydroxylation sites is 1. The SMILES string of the molecule is Cc1ccc2onc(-c3cnn(-c4ccccc4)c3)c2c1. The molecule has 0 spiro atoms. The molecule has 0 aliphatic rings. The van der Waals surface area contributed by atoms with Crippen molar-refractivity contribution in [3.05, 3.63) is 66.5 Å². The molecule has 0 aliphatic heterocycles. The lowest BCUT2D eigenvalue weighted by Crippen LogP contribution is -1.92. The second kappa shape index (κ2) is 4.59. The fourth-order valence-corrected chi connectivity index (χ4v) is 2.43. The van der Waals surface area contributed by atoms with E-state index in [2.05, 4.69) is 23.2 Å². The van der Waals surface area contributed by atoms with Gasteiger partial charge in [-0.15, -0.1) is 0 Å². The van der Waals surface area contributed by atoms with E-state index in [4.69, 9.17) is 4.52 Å². The number of aromatic nitrogens is 3. The summed E-state index contributed by atoms with van der Waals surface area (Å²) < 4.78 is 7.23. The van der Waals surface area contributed by atoms with Crippen LogP contribution >= 0.6 is 0 Å². The van der Waals surface area contributed by atoms with Crippen LogP contribution in [0.25, 0.3) is 27.9 Å². The number of hydrogen-bond donors (Lipinski definition) is 0. The van der Waals surface area contributed by atoms with Gasteiger partial charge in [0.15, 0.2) is 5.58 Å². The van der Waals surface area contributed by atoms with Gasteiger partial charge in [-0.1, -0.05) is 35.0 Å². The van der Waals surface area contributed by atoms with Gasteiger partial charge in [0.1, 0.15) is 5.69 Å². The van der Waals surface area contributed by atoms with E-state index in [1.165, 1.54) is 5.56 Å². The van der Waals surface area contributed by atoms with Gasteiger partial charge in [0, 0.05) is 11.8 Å². The summed E-state index contributed by atoms with van der Waals surface area (Å²) in [5.41, 5.74) is 4.78. The van der Waals surface area contributed by atoms with Gasteiger partial charge in [0.2, 0.25) is 0 Å². The highest BCUT2D eigenvalue weighted by Gasteiger charge is 2.12. The number of benzene rings is 2. The van der Waals surface area contributed by atoms with Crippen LogP contribution in [0.3, 0.4) is 0 Å². The monoisotopic (exact) mass is 275 g/mol. The zero-order valence-corrected chi connectivity index (χ0v) is 11.5. The van der Waals surface area contributed by atoms with Crippen LogP contribution in [0.1, 0.15) is 5.56 Å². The van der Waals surface area contributed by atoms with Gasteiger partial charge < -0.3 is 4.52 Å². The second-order valence-electron chi connectivity index (χ2n) is 5.04. The summed E-state index contributed by atoms with van der Waals surface area (Å²) in [4.78, 5) is 0. The first-order valence-electron chi connectivity index (χ1n) is 6.78. The predicted molar refractivity (Wildman–Crippen MR) is 81.3 cm³/mol. The largest absolute Gasteiger partial charge is 0.356 e. The van der Waals surface area contributed by atoms with Gasteiger partial charge in [-0.25, -0.2) is 4.68 Å². The molecule has 0 bridgehead atoms. The van der Waals surface area contributed by atoms with Crippen LogP contribution in [0, 0.1) is 6.92 Å². The molecule has 21 heavy (non-hydrogen) atoms. The minimum atomic E-state index is 0.795. The van der Waals surface area contributed by atoms with Gasteiger partial charge in [0.25, 0.3) is 0 Å². The molecule has 0 saturated carbocycles. The van der Waals surface area contributed by atoms with Crippen molar-refractivity contribution < 1.29 is 4.52 Å². The molecule has 2 aromatic carbocycles. The topological polar surface area (TPSA) is 43.9 Å². The van der Waals surface area contributed by atoms with E-state index in [0.717, 1.165) is 27.9 Å². The summed E-state index contributed by atoms with van der Waals surface area (Å²) in [6.45, 7) is 2.06. The molecule has 4 aromatic rings. The van der Waals surface area contributed by atoms with Gasteiger partial charge in [0.05, 0.1) is 17.3 Å². The molecule has 0 aliphatic carbocycles. The third kappa shape index (κ3) is 2.01. The first-order valence-corrected chi connectivity index (χ1v) is 6.78. The van der Waals surface area contributed by atoms with E-state index in [1.807, 2.05) is 59.5 Å². The Morgan fingerprint density at radius 3 is 2.76 bits per heavy atom. The van der Waals surface area contributed by atoms with Crippen LogP contribution in [0.5, 0.6) is 0 Å². The predicted octanol–water partition coefficient (Wildman–Crippen LogP) is 3.99. The molecule has 0 unspecified atom stereocenters. The fraction of sp³-hybridized carbons (Fsp3) is 0.0588. The van der Waals surface area contributed by atoms with Crippen molar-refractivity contribution in [1.82, 2.24) is 14.9 Å². The summed E-state index contributed by atoms with van der Waals surface area (Å²) >= 11 is 0. The maximum Gasteiger partial charge on any atom is 0.167 e. The summed E-state index contributed by atoms with van der Waals surface area (Å²) in [6, 6.07) is 16.1. The van der Waals surface area contributed by atoms with Crippen LogP contribution in [0.4, 0.5) is 0 Å². The Morgan fingerprint density at radius 1 is 1.05 bits per heavy atom. The first kappa shape index (κ1) is 11.9. The third-order valence-corrected chi connectivity index (χ3v) is 3.50. The van der Waals surface area contributed by atoms with Crippen molar-refractivity contribution >= 4 is 11.0 Å². The van der Waals surface area contributed by atoms with Crippen molar-refractivity contribution in [3.63, 3.8) is 0 Å². The van der Waals surface area contributed by atoms with Crippen molar-refractivity contribution in [2.24, 2.45) is 0 Å². The molecule has 4 nitrogen and oxygen atoms in total. The molecule has 0 atom stereocenters. The number of rotatable bonds is 2. The van der Waals surface area contributed by atoms with Crippen molar-refractivity contribution in [3.8, 4) is 16.9 Å². The maximum atomic E-state index is 5.39. The zero-order chi connectivity index (χ0) is 14.2. The second-order valence-corrected chi connectivity index (χ2v) is 5.04. The summed E-state index contributed by atoms with van der Waals surface area (Å²) in [5, 5.41) is 9.61. The van der Waals surface area contributed by atoms with Crippen molar-refractivity contribution in [2.75, 3.05) is 0 Å². The molecule has 4 rings (SSSR count). The Morgan fingerprint density at radius 2 is 1.90 bits per heavy atom. The molecule has 0 fully saturated rings. The van der Waals surface area contributed by atoms with Crippen LogP contribution in [0.15, 0.2) is 65.4 Å². The number of nitrogens with zero attached hydrogens (tertiary/aromatic N) is 3. The van der Waals surface area contributed by atoms with Crippen molar-refractivity contribution in [1.29, 1.82) is 0 Å². The highest BCUT2D eigenvalue weighted by molar-refractivity contribution is 5.91. The van der Waals surface area contributed by atoms with Gasteiger partial charge in [-0.2, -0.15) is 5.10 Å². The van der Waals surface area contributed by atoms with E-state index in [-0.39, 0.29) is 0 Å². The Hall–Kier alpha value is -2.88. The minimum Gasteiger partial charge on any atom is -0.356 e. The highest BCUT2D eigenvalue weighted by atomic mass is 16.5. The molecule has 0 N–H and O–H groups in total. The standard InChI is InChI=1S/C17H13N3O/c1-12-7-8-16-15(9-12)17(19-21-16)13-10-18-20(11-13)14-5-3-2-4-6-14/h2-11H,1H3. The molecule has 102 valence electrons. The highest BCUT2D eigenvalue weighted by Crippen LogP contribution is 2.28. The first-order chi connectivity index (χ1) is 10.3. The smallest absolute Gasteiger partial charge is 0.167 e. The van der Waals surface area contributed by atoms with Gasteiger partial charge in [-0.05, 0) is 31.2 Å².